The van der Waals surface area contributed by atoms with Crippen LogP contribution in [0.25, 0.3) is 0 Å². The summed E-state index contributed by atoms with van der Waals surface area (Å²) in [6.45, 7) is 6.42. The van der Waals surface area contributed by atoms with Gasteiger partial charge < -0.3 is 5.32 Å². The molecule has 1 amide bonds. The number of piperidine rings is 1. The number of nitrogens with zero attached hydrogens (tertiary/aromatic N) is 4. The van der Waals surface area contributed by atoms with Gasteiger partial charge in [0.1, 0.15) is 5.82 Å². The van der Waals surface area contributed by atoms with Crippen LogP contribution in [0, 0.1) is 11.7 Å². The zero-order valence-corrected chi connectivity index (χ0v) is 15.2. The lowest BCUT2D eigenvalue weighted by Crippen LogP contribution is -2.37. The van der Waals surface area contributed by atoms with Crippen molar-refractivity contribution in [1.82, 2.24) is 19.9 Å². The van der Waals surface area contributed by atoms with Gasteiger partial charge in [-0.2, -0.15) is 0 Å². The molecule has 6 nitrogen and oxygen atoms in total. The number of thiazole rings is 1. The average Bonchev–Trinajstić information content (AvgIpc) is 3.01. The first-order valence-electron chi connectivity index (χ1n) is 8.43. The first-order valence-corrected chi connectivity index (χ1v) is 9.25. The summed E-state index contributed by atoms with van der Waals surface area (Å²) in [5, 5.41) is 3.36. The third kappa shape index (κ3) is 4.79. The van der Waals surface area contributed by atoms with Crippen LogP contribution in [0.3, 0.4) is 0 Å². The van der Waals surface area contributed by atoms with Gasteiger partial charge in [0.05, 0.1) is 12.4 Å². The molecule has 3 rings (SSSR count). The van der Waals surface area contributed by atoms with Crippen molar-refractivity contribution in [2.45, 2.75) is 39.2 Å². The summed E-state index contributed by atoms with van der Waals surface area (Å²) in [7, 11) is 0. The van der Waals surface area contributed by atoms with Gasteiger partial charge in [-0.3, -0.25) is 9.69 Å². The highest BCUT2D eigenvalue weighted by molar-refractivity contribution is 7.15. The van der Waals surface area contributed by atoms with Crippen molar-refractivity contribution in [3.8, 4) is 0 Å². The molecule has 2 atom stereocenters. The second kappa shape index (κ2) is 7.97. The van der Waals surface area contributed by atoms with Crippen LogP contribution in [-0.2, 0) is 11.3 Å². The minimum Gasteiger partial charge on any atom is -0.302 e. The maximum absolute atomic E-state index is 13.0. The Bertz CT molecular complexity index is 720. The van der Waals surface area contributed by atoms with E-state index >= 15 is 0 Å². The molecule has 25 heavy (non-hydrogen) atoms. The SMILES string of the molecule is CC(=O)Nc1ncc(CN2CCCC([C@H](C)c3ncc(F)cn3)C2)s1. The number of anilines is 1. The number of amides is 1. The molecule has 0 aliphatic carbocycles. The van der Waals surface area contributed by atoms with Crippen molar-refractivity contribution in [3.63, 3.8) is 0 Å². The molecular weight excluding hydrogens is 341 g/mol. The summed E-state index contributed by atoms with van der Waals surface area (Å²) in [4.78, 5) is 27.1. The smallest absolute Gasteiger partial charge is 0.223 e. The molecule has 0 radical (unpaired) electrons. The molecule has 1 saturated heterocycles. The van der Waals surface area contributed by atoms with Crippen LogP contribution in [0.15, 0.2) is 18.6 Å². The van der Waals surface area contributed by atoms with Crippen molar-refractivity contribution in [1.29, 1.82) is 0 Å². The third-order valence-electron chi connectivity index (χ3n) is 4.51. The van der Waals surface area contributed by atoms with Gasteiger partial charge in [-0.15, -0.1) is 11.3 Å². The van der Waals surface area contributed by atoms with Gasteiger partial charge in [0.2, 0.25) is 5.91 Å². The fourth-order valence-corrected chi connectivity index (χ4v) is 4.12. The fraction of sp³-hybridized carbons (Fsp3) is 0.529. The topological polar surface area (TPSA) is 71.0 Å². The van der Waals surface area contributed by atoms with Gasteiger partial charge in [-0.05, 0) is 25.3 Å². The van der Waals surface area contributed by atoms with E-state index in [0.29, 0.717) is 16.9 Å². The molecule has 1 aliphatic heterocycles. The minimum absolute atomic E-state index is 0.105. The lowest BCUT2D eigenvalue weighted by Gasteiger charge is -2.35. The summed E-state index contributed by atoms with van der Waals surface area (Å²) in [6, 6.07) is 0. The summed E-state index contributed by atoms with van der Waals surface area (Å²) in [5.41, 5.74) is 0. The second-order valence-electron chi connectivity index (χ2n) is 6.50. The van der Waals surface area contributed by atoms with Crippen LogP contribution in [0.2, 0.25) is 0 Å². The van der Waals surface area contributed by atoms with Crippen molar-refractivity contribution >= 4 is 22.4 Å². The van der Waals surface area contributed by atoms with E-state index < -0.39 is 5.82 Å². The Morgan fingerprint density at radius 2 is 2.16 bits per heavy atom. The van der Waals surface area contributed by atoms with Crippen molar-refractivity contribution in [2.75, 3.05) is 18.4 Å². The first kappa shape index (κ1) is 17.9. The predicted molar refractivity (Wildman–Crippen MR) is 94.8 cm³/mol. The number of carbonyl (C=O) groups excluding carboxylic acids is 1. The van der Waals surface area contributed by atoms with E-state index in [4.69, 9.17) is 0 Å². The molecule has 1 unspecified atom stereocenters. The molecule has 1 fully saturated rings. The number of nitrogens with one attached hydrogen (secondary N) is 1. The lowest BCUT2D eigenvalue weighted by molar-refractivity contribution is -0.114. The largest absolute Gasteiger partial charge is 0.302 e. The van der Waals surface area contributed by atoms with Crippen LogP contribution in [-0.4, -0.2) is 38.8 Å². The molecule has 0 spiro atoms. The highest BCUT2D eigenvalue weighted by atomic mass is 32.1. The van der Waals surface area contributed by atoms with E-state index in [1.807, 2.05) is 6.20 Å². The number of likely N-dealkylation sites (tertiary alicyclic amines) is 1. The molecule has 1 N–H and O–H groups in total. The quantitative estimate of drug-likeness (QED) is 0.884. The Morgan fingerprint density at radius 3 is 2.88 bits per heavy atom. The maximum Gasteiger partial charge on any atom is 0.223 e. The van der Waals surface area contributed by atoms with E-state index in [0.717, 1.165) is 37.4 Å². The Balaban J connectivity index is 1.60. The van der Waals surface area contributed by atoms with Gasteiger partial charge in [0.25, 0.3) is 0 Å². The molecule has 1 aliphatic rings. The van der Waals surface area contributed by atoms with Crippen LogP contribution >= 0.6 is 11.3 Å². The Labute approximate surface area is 150 Å². The van der Waals surface area contributed by atoms with Gasteiger partial charge in [-0.1, -0.05) is 6.92 Å². The second-order valence-corrected chi connectivity index (χ2v) is 7.61. The van der Waals surface area contributed by atoms with Crippen LogP contribution < -0.4 is 5.32 Å². The summed E-state index contributed by atoms with van der Waals surface area (Å²) in [5.74, 6) is 0.842. The average molecular weight is 363 g/mol. The van der Waals surface area contributed by atoms with Crippen LogP contribution in [0.1, 0.15) is 43.3 Å². The van der Waals surface area contributed by atoms with Crippen molar-refractivity contribution in [2.24, 2.45) is 5.92 Å². The van der Waals surface area contributed by atoms with Crippen molar-refractivity contribution in [3.05, 3.63) is 35.1 Å². The number of hydrogen-bond donors (Lipinski definition) is 1. The standard InChI is InChI=1S/C17H22FN5OS/c1-11(16-19-6-14(18)7-20-16)13-4-3-5-23(9-13)10-15-8-21-17(25-15)22-12(2)24/h6-8,11,13H,3-5,9-10H2,1-2H3,(H,21,22,24)/t11-,13?/m0/s1. The van der Waals surface area contributed by atoms with Gasteiger partial charge in [-0.25, -0.2) is 19.3 Å². The van der Waals surface area contributed by atoms with E-state index in [2.05, 4.69) is 32.1 Å². The zero-order chi connectivity index (χ0) is 17.8. The fourth-order valence-electron chi connectivity index (χ4n) is 3.22. The van der Waals surface area contributed by atoms with Gasteiger partial charge in [0, 0.05) is 37.0 Å². The minimum atomic E-state index is -0.401. The maximum atomic E-state index is 13.0. The number of carbonyl (C=O) groups is 1. The molecule has 0 saturated carbocycles. The van der Waals surface area contributed by atoms with E-state index in [-0.39, 0.29) is 11.8 Å². The molecule has 8 heteroatoms. The monoisotopic (exact) mass is 363 g/mol. The Morgan fingerprint density at radius 1 is 1.40 bits per heavy atom. The van der Waals surface area contributed by atoms with E-state index in [1.54, 1.807) is 0 Å². The van der Waals surface area contributed by atoms with E-state index in [1.165, 1.54) is 30.7 Å². The highest BCUT2D eigenvalue weighted by Gasteiger charge is 2.27. The third-order valence-corrected chi connectivity index (χ3v) is 5.41. The lowest BCUT2D eigenvalue weighted by atomic mass is 9.86. The summed E-state index contributed by atoms with van der Waals surface area (Å²) < 4.78 is 13.0. The number of hydrogen-bond acceptors (Lipinski definition) is 6. The molecule has 0 aromatic carbocycles. The number of aromatic nitrogens is 3. The molecule has 2 aromatic heterocycles. The predicted octanol–water partition coefficient (Wildman–Crippen LogP) is 3.05. The highest BCUT2D eigenvalue weighted by Crippen LogP contribution is 2.31. The molecular formula is C17H22FN5OS. The van der Waals surface area contributed by atoms with Crippen molar-refractivity contribution < 1.29 is 9.18 Å². The van der Waals surface area contributed by atoms with Gasteiger partial charge in [0.15, 0.2) is 10.9 Å². The molecule has 3 heterocycles. The number of rotatable bonds is 5. The van der Waals surface area contributed by atoms with E-state index in [9.17, 15) is 9.18 Å². The Hall–Kier alpha value is -1.93. The molecule has 2 aromatic rings. The molecule has 0 bridgehead atoms. The normalized spacial score (nSPS) is 19.6. The number of halogens is 1. The van der Waals surface area contributed by atoms with Crippen LogP contribution in [0.4, 0.5) is 9.52 Å². The van der Waals surface area contributed by atoms with Crippen LogP contribution in [0.5, 0.6) is 0 Å². The Kier molecular flexibility index (Phi) is 5.70. The van der Waals surface area contributed by atoms with Gasteiger partial charge >= 0.3 is 0 Å². The summed E-state index contributed by atoms with van der Waals surface area (Å²) >= 11 is 1.51. The zero-order valence-electron chi connectivity index (χ0n) is 14.4. The first-order chi connectivity index (χ1) is 12.0. The summed E-state index contributed by atoms with van der Waals surface area (Å²) in [6.07, 6.45) is 6.54. The molecule has 134 valence electrons.